The molecular weight excluding hydrogens is 266 g/mol. The highest BCUT2D eigenvalue weighted by Gasteiger charge is 2.32. The topological polar surface area (TPSA) is 53.6 Å². The Morgan fingerprint density at radius 2 is 2.38 bits per heavy atom. The van der Waals surface area contributed by atoms with Gasteiger partial charge in [-0.2, -0.15) is 0 Å². The number of nitrogens with one attached hydrogen (secondary N) is 2. The predicted octanol–water partition coefficient (Wildman–Crippen LogP) is 1.17. The van der Waals surface area contributed by atoms with Crippen LogP contribution in [0.4, 0.5) is 0 Å². The average molecular weight is 291 g/mol. The molecule has 0 bridgehead atoms. The van der Waals surface area contributed by atoms with Gasteiger partial charge in [0.05, 0.1) is 7.11 Å². The van der Waals surface area contributed by atoms with E-state index in [2.05, 4.69) is 28.5 Å². The highest BCUT2D eigenvalue weighted by molar-refractivity contribution is 5.82. The van der Waals surface area contributed by atoms with Crippen molar-refractivity contribution in [2.45, 2.75) is 25.9 Å². The van der Waals surface area contributed by atoms with Crippen LogP contribution >= 0.6 is 0 Å². The second-order valence-corrected chi connectivity index (χ2v) is 5.30. The number of ether oxygens (including phenoxy) is 1. The van der Waals surface area contributed by atoms with Gasteiger partial charge in [0.1, 0.15) is 11.8 Å². The molecule has 1 saturated heterocycles. The van der Waals surface area contributed by atoms with Gasteiger partial charge in [0, 0.05) is 32.2 Å². The first-order valence-electron chi connectivity index (χ1n) is 7.55. The Balaban J connectivity index is 2.17. The summed E-state index contributed by atoms with van der Waals surface area (Å²) in [6, 6.07) is 8.11. The zero-order valence-electron chi connectivity index (χ0n) is 13.1. The minimum Gasteiger partial charge on any atom is -0.497 e. The molecule has 1 aliphatic rings. The van der Waals surface area contributed by atoms with E-state index in [-0.39, 0.29) is 18.0 Å². The fraction of sp³-hybridized carbons (Fsp3) is 0.562. The Hall–Kier alpha value is -1.59. The number of carbonyl (C=O) groups is 1. The molecule has 2 N–H and O–H groups in total. The average Bonchev–Trinajstić information content (AvgIpc) is 2.54. The lowest BCUT2D eigenvalue weighted by Crippen LogP contribution is -2.58. The van der Waals surface area contributed by atoms with Gasteiger partial charge in [0.15, 0.2) is 0 Å². The van der Waals surface area contributed by atoms with Crippen LogP contribution in [0.5, 0.6) is 5.75 Å². The summed E-state index contributed by atoms with van der Waals surface area (Å²) in [4.78, 5) is 14.5. The van der Waals surface area contributed by atoms with E-state index in [9.17, 15) is 4.79 Å². The summed E-state index contributed by atoms with van der Waals surface area (Å²) >= 11 is 0. The Labute approximate surface area is 126 Å². The number of methoxy groups -OCH3 is 1. The van der Waals surface area contributed by atoms with Crippen molar-refractivity contribution in [1.29, 1.82) is 0 Å². The van der Waals surface area contributed by atoms with E-state index >= 15 is 0 Å². The summed E-state index contributed by atoms with van der Waals surface area (Å²) in [6.45, 7) is 7.22. The van der Waals surface area contributed by atoms with Gasteiger partial charge in [-0.25, -0.2) is 0 Å². The maximum Gasteiger partial charge on any atom is 0.238 e. The Morgan fingerprint density at radius 1 is 1.57 bits per heavy atom. The third kappa shape index (κ3) is 3.74. The summed E-state index contributed by atoms with van der Waals surface area (Å²) in [5, 5.41) is 6.23. The number of rotatable bonds is 5. The normalized spacial score (nSPS) is 20.8. The lowest BCUT2D eigenvalue weighted by molar-refractivity contribution is -0.128. The second kappa shape index (κ2) is 7.43. The largest absolute Gasteiger partial charge is 0.497 e. The van der Waals surface area contributed by atoms with Crippen LogP contribution in [-0.4, -0.2) is 50.1 Å². The van der Waals surface area contributed by atoms with E-state index in [1.165, 1.54) is 5.56 Å². The minimum atomic E-state index is -0.125. The summed E-state index contributed by atoms with van der Waals surface area (Å²) < 4.78 is 5.30. The van der Waals surface area contributed by atoms with Gasteiger partial charge in [-0.15, -0.1) is 0 Å². The lowest BCUT2D eigenvalue weighted by Gasteiger charge is -2.39. The highest BCUT2D eigenvalue weighted by Crippen LogP contribution is 2.26. The molecular formula is C16H25N3O2. The van der Waals surface area contributed by atoms with Crippen molar-refractivity contribution >= 4 is 5.91 Å². The van der Waals surface area contributed by atoms with Crippen LogP contribution in [0.25, 0.3) is 0 Å². The molecule has 2 atom stereocenters. The number of hydrogen-bond donors (Lipinski definition) is 2. The second-order valence-electron chi connectivity index (χ2n) is 5.30. The first kappa shape index (κ1) is 15.8. The van der Waals surface area contributed by atoms with Gasteiger partial charge in [-0.1, -0.05) is 12.1 Å². The van der Waals surface area contributed by atoms with Gasteiger partial charge >= 0.3 is 0 Å². The number of benzene rings is 1. The molecule has 5 heteroatoms. The third-order valence-electron chi connectivity index (χ3n) is 4.01. The SMILES string of the molecule is CCNC(=O)C1CNCCN1C(C)c1cccc(OC)c1. The molecule has 1 fully saturated rings. The fourth-order valence-electron chi connectivity index (χ4n) is 2.81. The molecule has 1 aliphatic heterocycles. The van der Waals surface area contributed by atoms with Gasteiger partial charge < -0.3 is 15.4 Å². The fourth-order valence-corrected chi connectivity index (χ4v) is 2.81. The van der Waals surface area contributed by atoms with Crippen molar-refractivity contribution in [2.75, 3.05) is 33.3 Å². The van der Waals surface area contributed by atoms with E-state index in [0.29, 0.717) is 13.1 Å². The van der Waals surface area contributed by atoms with Crippen molar-refractivity contribution in [2.24, 2.45) is 0 Å². The molecule has 0 aliphatic carbocycles. The van der Waals surface area contributed by atoms with Crippen LogP contribution in [0.15, 0.2) is 24.3 Å². The van der Waals surface area contributed by atoms with Crippen molar-refractivity contribution in [3.05, 3.63) is 29.8 Å². The zero-order valence-corrected chi connectivity index (χ0v) is 13.1. The number of carbonyl (C=O) groups excluding carboxylic acids is 1. The van der Waals surface area contributed by atoms with E-state index in [0.717, 1.165) is 18.8 Å². The first-order chi connectivity index (χ1) is 10.2. The molecule has 0 aromatic heterocycles. The molecule has 1 aromatic carbocycles. The molecule has 2 unspecified atom stereocenters. The van der Waals surface area contributed by atoms with E-state index in [4.69, 9.17) is 4.74 Å². The number of hydrogen-bond acceptors (Lipinski definition) is 4. The smallest absolute Gasteiger partial charge is 0.238 e. The molecule has 2 rings (SSSR count). The van der Waals surface area contributed by atoms with E-state index in [1.807, 2.05) is 25.1 Å². The third-order valence-corrected chi connectivity index (χ3v) is 4.01. The molecule has 0 saturated carbocycles. The molecule has 21 heavy (non-hydrogen) atoms. The van der Waals surface area contributed by atoms with Crippen LogP contribution in [0.3, 0.4) is 0 Å². The van der Waals surface area contributed by atoms with Crippen LogP contribution in [0.2, 0.25) is 0 Å². The summed E-state index contributed by atoms with van der Waals surface area (Å²) in [5.74, 6) is 0.948. The van der Waals surface area contributed by atoms with Crippen molar-refractivity contribution in [3.8, 4) is 5.75 Å². The Bertz CT molecular complexity index is 478. The van der Waals surface area contributed by atoms with Crippen LogP contribution < -0.4 is 15.4 Å². The minimum absolute atomic E-state index is 0.0967. The molecule has 0 spiro atoms. The highest BCUT2D eigenvalue weighted by atomic mass is 16.5. The van der Waals surface area contributed by atoms with Crippen molar-refractivity contribution < 1.29 is 9.53 Å². The van der Waals surface area contributed by atoms with Crippen molar-refractivity contribution in [1.82, 2.24) is 15.5 Å². The number of piperazine rings is 1. The van der Waals surface area contributed by atoms with Gasteiger partial charge in [-0.05, 0) is 31.5 Å². The van der Waals surface area contributed by atoms with Gasteiger partial charge in [0.25, 0.3) is 0 Å². The monoisotopic (exact) mass is 291 g/mol. The number of amides is 1. The molecule has 1 amide bonds. The standard InChI is InChI=1S/C16H25N3O2/c1-4-18-16(20)15-11-17-8-9-19(15)12(2)13-6-5-7-14(10-13)21-3/h5-7,10,12,15,17H,4,8-9,11H2,1-3H3,(H,18,20). The summed E-state index contributed by atoms with van der Waals surface area (Å²) in [5.41, 5.74) is 1.17. The first-order valence-corrected chi connectivity index (χ1v) is 7.55. The maximum absolute atomic E-state index is 12.2. The molecule has 5 nitrogen and oxygen atoms in total. The van der Waals surface area contributed by atoms with Gasteiger partial charge in [-0.3, -0.25) is 9.69 Å². The number of likely N-dealkylation sites (N-methyl/N-ethyl adjacent to an activating group) is 1. The lowest BCUT2D eigenvalue weighted by atomic mass is 10.0. The Kier molecular flexibility index (Phi) is 5.59. The van der Waals surface area contributed by atoms with Crippen LogP contribution in [-0.2, 0) is 4.79 Å². The number of nitrogens with zero attached hydrogens (tertiary/aromatic N) is 1. The van der Waals surface area contributed by atoms with Crippen LogP contribution in [0, 0.1) is 0 Å². The van der Waals surface area contributed by atoms with Crippen LogP contribution in [0.1, 0.15) is 25.5 Å². The molecule has 1 aromatic rings. The van der Waals surface area contributed by atoms with Gasteiger partial charge in [0.2, 0.25) is 5.91 Å². The summed E-state index contributed by atoms with van der Waals surface area (Å²) in [7, 11) is 1.67. The zero-order chi connectivity index (χ0) is 15.2. The predicted molar refractivity (Wildman–Crippen MR) is 83.5 cm³/mol. The van der Waals surface area contributed by atoms with E-state index in [1.54, 1.807) is 7.11 Å². The summed E-state index contributed by atoms with van der Waals surface area (Å²) in [6.07, 6.45) is 0. The van der Waals surface area contributed by atoms with E-state index < -0.39 is 0 Å². The maximum atomic E-state index is 12.2. The molecule has 116 valence electrons. The quantitative estimate of drug-likeness (QED) is 0.855. The molecule has 1 heterocycles. The molecule has 0 radical (unpaired) electrons. The Morgan fingerprint density at radius 3 is 3.10 bits per heavy atom. The van der Waals surface area contributed by atoms with Crippen molar-refractivity contribution in [3.63, 3.8) is 0 Å².